The van der Waals surface area contributed by atoms with E-state index in [9.17, 15) is 9.59 Å². The van der Waals surface area contributed by atoms with Crippen LogP contribution in [0.1, 0.15) is 10.4 Å². The topological polar surface area (TPSA) is 99.0 Å². The Bertz CT molecular complexity index is 1020. The van der Waals surface area contributed by atoms with Crippen molar-refractivity contribution in [3.63, 3.8) is 0 Å². The van der Waals surface area contributed by atoms with E-state index in [1.165, 1.54) is 11.8 Å². The van der Waals surface area contributed by atoms with Crippen LogP contribution in [0, 0.1) is 0 Å². The number of nitrogens with zero attached hydrogens (tertiary/aromatic N) is 4. The molecule has 0 bridgehead atoms. The van der Waals surface area contributed by atoms with Gasteiger partial charge in [-0.25, -0.2) is 0 Å². The van der Waals surface area contributed by atoms with E-state index in [-0.39, 0.29) is 24.1 Å². The molecular weight excluding hydrogens is 366 g/mol. The monoisotopic (exact) mass is 381 g/mol. The number of amides is 1. The average molecular weight is 381 g/mol. The van der Waals surface area contributed by atoms with Crippen LogP contribution in [0.3, 0.4) is 0 Å². The number of thioether (sulfide) groups is 1. The molecule has 1 aliphatic heterocycles. The number of Topliss-reactive ketones (excluding diaryl/α,β-unsaturated/α-hetero) is 1. The summed E-state index contributed by atoms with van der Waals surface area (Å²) >= 11 is 1.31. The molecule has 0 radical (unpaired) electrons. The number of pyridine rings is 1. The van der Waals surface area contributed by atoms with Crippen LogP contribution in [0.25, 0.3) is 11.4 Å². The molecule has 0 saturated heterocycles. The van der Waals surface area contributed by atoms with Gasteiger partial charge in [0.1, 0.15) is 5.75 Å². The van der Waals surface area contributed by atoms with Gasteiger partial charge in [0, 0.05) is 30.6 Å². The summed E-state index contributed by atoms with van der Waals surface area (Å²) in [6.45, 7) is -0.0118. The summed E-state index contributed by atoms with van der Waals surface area (Å²) in [7, 11) is 1.86. The van der Waals surface area contributed by atoms with Gasteiger partial charge in [-0.05, 0) is 30.3 Å². The van der Waals surface area contributed by atoms with Crippen LogP contribution in [0.2, 0.25) is 0 Å². The van der Waals surface area contributed by atoms with E-state index in [1.807, 2.05) is 23.7 Å². The molecule has 0 unspecified atom stereocenters. The molecule has 27 heavy (non-hydrogen) atoms. The van der Waals surface area contributed by atoms with Crippen LogP contribution >= 0.6 is 11.8 Å². The molecule has 9 heteroatoms. The van der Waals surface area contributed by atoms with Crippen LogP contribution < -0.4 is 10.1 Å². The van der Waals surface area contributed by atoms with E-state index in [2.05, 4.69) is 20.5 Å². The summed E-state index contributed by atoms with van der Waals surface area (Å²) in [4.78, 5) is 28.0. The molecule has 0 fully saturated rings. The highest BCUT2D eigenvalue weighted by atomic mass is 32.2. The predicted octanol–water partition coefficient (Wildman–Crippen LogP) is 2.18. The van der Waals surface area contributed by atoms with E-state index in [1.54, 1.807) is 30.6 Å². The van der Waals surface area contributed by atoms with Crippen molar-refractivity contribution in [3.05, 3.63) is 48.3 Å². The zero-order chi connectivity index (χ0) is 18.8. The van der Waals surface area contributed by atoms with E-state index in [0.717, 1.165) is 5.56 Å². The number of nitrogens with one attached hydrogen (secondary N) is 1. The van der Waals surface area contributed by atoms with Crippen molar-refractivity contribution in [1.82, 2.24) is 19.7 Å². The number of benzene rings is 1. The number of fused-ring (bicyclic) bond motifs is 1. The van der Waals surface area contributed by atoms with Crippen LogP contribution in [0.15, 0.2) is 47.9 Å². The van der Waals surface area contributed by atoms with Gasteiger partial charge in [-0.2, -0.15) is 0 Å². The number of rotatable bonds is 5. The molecule has 1 aliphatic rings. The number of carbonyl (C=O) groups is 2. The van der Waals surface area contributed by atoms with E-state index in [4.69, 9.17) is 4.74 Å². The lowest BCUT2D eigenvalue weighted by atomic mass is 10.1. The Hall–Kier alpha value is -3.20. The number of carbonyl (C=O) groups excluding carboxylic acids is 2. The zero-order valence-corrected chi connectivity index (χ0v) is 15.2. The molecule has 3 heterocycles. The third-order valence-electron chi connectivity index (χ3n) is 4.04. The Balaban J connectivity index is 1.47. The molecule has 0 atom stereocenters. The molecule has 0 saturated carbocycles. The first-order valence-electron chi connectivity index (χ1n) is 8.14. The van der Waals surface area contributed by atoms with Crippen molar-refractivity contribution in [2.75, 3.05) is 17.7 Å². The van der Waals surface area contributed by atoms with Crippen LogP contribution in [-0.4, -0.2) is 43.8 Å². The fourth-order valence-electron chi connectivity index (χ4n) is 2.66. The van der Waals surface area contributed by atoms with Crippen molar-refractivity contribution in [2.45, 2.75) is 5.16 Å². The highest BCUT2D eigenvalue weighted by Crippen LogP contribution is 2.29. The summed E-state index contributed by atoms with van der Waals surface area (Å²) in [5.41, 5.74) is 1.92. The largest absolute Gasteiger partial charge is 0.482 e. The van der Waals surface area contributed by atoms with Crippen molar-refractivity contribution >= 4 is 29.1 Å². The van der Waals surface area contributed by atoms with Gasteiger partial charge >= 0.3 is 0 Å². The molecule has 1 aromatic carbocycles. The Labute approximate surface area is 159 Å². The Kier molecular flexibility index (Phi) is 4.59. The highest BCUT2D eigenvalue weighted by molar-refractivity contribution is 7.99. The maximum absolute atomic E-state index is 12.5. The second-order valence-electron chi connectivity index (χ2n) is 5.86. The second kappa shape index (κ2) is 7.20. The number of anilines is 1. The maximum Gasteiger partial charge on any atom is 0.262 e. The molecule has 1 N–H and O–H groups in total. The van der Waals surface area contributed by atoms with Crippen molar-refractivity contribution < 1.29 is 14.3 Å². The molecule has 3 aromatic rings. The first kappa shape index (κ1) is 17.2. The van der Waals surface area contributed by atoms with E-state index >= 15 is 0 Å². The normalized spacial score (nSPS) is 12.9. The highest BCUT2D eigenvalue weighted by Gasteiger charge is 2.19. The number of aromatic nitrogens is 4. The Morgan fingerprint density at radius 2 is 2.07 bits per heavy atom. The number of ether oxygens (including phenoxy) is 1. The molecular formula is C18H15N5O3S. The third-order valence-corrected chi connectivity index (χ3v) is 5.06. The summed E-state index contributed by atoms with van der Waals surface area (Å²) in [6.07, 6.45) is 3.39. The van der Waals surface area contributed by atoms with Crippen molar-refractivity contribution in [3.8, 4) is 17.1 Å². The number of hydrogen-bond donors (Lipinski definition) is 1. The minimum atomic E-state index is -0.232. The maximum atomic E-state index is 12.5. The van der Waals surface area contributed by atoms with Gasteiger partial charge in [-0.3, -0.25) is 14.6 Å². The van der Waals surface area contributed by atoms with Crippen LogP contribution in [0.5, 0.6) is 5.75 Å². The quantitative estimate of drug-likeness (QED) is 0.534. The second-order valence-corrected chi connectivity index (χ2v) is 6.80. The predicted molar refractivity (Wildman–Crippen MR) is 99.9 cm³/mol. The molecule has 0 spiro atoms. The van der Waals surface area contributed by atoms with Crippen LogP contribution in [-0.2, 0) is 11.8 Å². The summed E-state index contributed by atoms with van der Waals surface area (Å²) < 4.78 is 7.15. The van der Waals surface area contributed by atoms with Crippen molar-refractivity contribution in [1.29, 1.82) is 0 Å². The minimum Gasteiger partial charge on any atom is -0.482 e. The van der Waals surface area contributed by atoms with Gasteiger partial charge in [0.25, 0.3) is 5.91 Å². The lowest BCUT2D eigenvalue weighted by molar-refractivity contribution is -0.118. The fraction of sp³-hybridized carbons (Fsp3) is 0.167. The molecule has 4 rings (SSSR count). The first-order chi connectivity index (χ1) is 13.1. The number of hydrogen-bond acceptors (Lipinski definition) is 7. The molecule has 2 aromatic heterocycles. The summed E-state index contributed by atoms with van der Waals surface area (Å²) in [5, 5.41) is 11.7. The van der Waals surface area contributed by atoms with Gasteiger partial charge < -0.3 is 14.6 Å². The van der Waals surface area contributed by atoms with E-state index in [0.29, 0.717) is 28.0 Å². The lowest BCUT2D eigenvalue weighted by Crippen LogP contribution is -2.25. The minimum absolute atomic E-state index is 0.0118. The Morgan fingerprint density at radius 1 is 1.26 bits per heavy atom. The summed E-state index contributed by atoms with van der Waals surface area (Å²) in [5.74, 6) is 1.17. The number of ketones is 1. The Morgan fingerprint density at radius 3 is 2.89 bits per heavy atom. The van der Waals surface area contributed by atoms with E-state index < -0.39 is 0 Å². The molecule has 136 valence electrons. The first-order valence-corrected chi connectivity index (χ1v) is 9.13. The zero-order valence-electron chi connectivity index (χ0n) is 14.4. The van der Waals surface area contributed by atoms with Crippen molar-refractivity contribution in [2.24, 2.45) is 7.05 Å². The third kappa shape index (κ3) is 3.54. The van der Waals surface area contributed by atoms with Crippen LogP contribution in [0.4, 0.5) is 5.69 Å². The molecule has 0 aliphatic carbocycles. The molecule has 1 amide bonds. The van der Waals surface area contributed by atoms with Gasteiger partial charge in [0.2, 0.25) is 0 Å². The van der Waals surface area contributed by atoms with Gasteiger partial charge in [0.15, 0.2) is 23.4 Å². The standard InChI is InChI=1S/C18H15N5O3S/c1-23-17(11-4-6-19-7-5-11)21-22-18(23)27-10-14(24)12-2-3-15-13(8-12)20-16(25)9-26-15/h2-8H,9-10H2,1H3,(H,20,25). The lowest BCUT2D eigenvalue weighted by Gasteiger charge is -2.18. The average Bonchev–Trinajstić information content (AvgIpc) is 3.06. The van der Waals surface area contributed by atoms with Gasteiger partial charge in [0.05, 0.1) is 11.4 Å². The molecule has 8 nitrogen and oxygen atoms in total. The smallest absolute Gasteiger partial charge is 0.262 e. The SMILES string of the molecule is Cn1c(SCC(=O)c2ccc3c(c2)NC(=O)CO3)nnc1-c1ccncc1. The van der Waals surface area contributed by atoms with Gasteiger partial charge in [-0.1, -0.05) is 11.8 Å². The van der Waals surface area contributed by atoms with Gasteiger partial charge in [-0.15, -0.1) is 10.2 Å². The summed E-state index contributed by atoms with van der Waals surface area (Å²) in [6, 6.07) is 8.73. The fourth-order valence-corrected chi connectivity index (χ4v) is 3.47.